The molecule has 1 aromatic carbocycles. The van der Waals surface area contributed by atoms with Crippen LogP contribution < -0.4 is 11.1 Å². The smallest absolute Gasteiger partial charge is 0.199 e. The molecule has 0 bridgehead atoms. The lowest BCUT2D eigenvalue weighted by Gasteiger charge is -2.05. The van der Waals surface area contributed by atoms with Crippen LogP contribution in [0.25, 0.3) is 11.0 Å². The molecule has 0 saturated heterocycles. The first-order chi connectivity index (χ1) is 9.70. The SMILES string of the molecule is Cc1cc2cc(N/C(N)=N\c3ccccn3)ccc2o1. The van der Waals surface area contributed by atoms with E-state index >= 15 is 0 Å². The van der Waals surface area contributed by atoms with E-state index in [-0.39, 0.29) is 0 Å². The normalized spacial score (nSPS) is 11.8. The van der Waals surface area contributed by atoms with Gasteiger partial charge in [0.05, 0.1) is 0 Å². The molecule has 0 aliphatic carbocycles. The Balaban J connectivity index is 1.83. The second kappa shape index (κ2) is 5.05. The number of aryl methyl sites for hydroxylation is 1. The van der Waals surface area contributed by atoms with E-state index in [0.717, 1.165) is 22.4 Å². The first-order valence-corrected chi connectivity index (χ1v) is 6.23. The Kier molecular flexibility index (Phi) is 3.09. The highest BCUT2D eigenvalue weighted by atomic mass is 16.3. The van der Waals surface area contributed by atoms with Crippen LogP contribution >= 0.6 is 0 Å². The van der Waals surface area contributed by atoms with Crippen LogP contribution in [-0.4, -0.2) is 10.9 Å². The van der Waals surface area contributed by atoms with E-state index in [0.29, 0.717) is 11.8 Å². The van der Waals surface area contributed by atoms with Crippen molar-refractivity contribution in [1.82, 2.24) is 4.98 Å². The molecule has 5 nitrogen and oxygen atoms in total. The van der Waals surface area contributed by atoms with E-state index in [1.807, 2.05) is 43.3 Å². The fourth-order valence-electron chi connectivity index (χ4n) is 1.97. The summed E-state index contributed by atoms with van der Waals surface area (Å²) in [7, 11) is 0. The number of pyridine rings is 1. The van der Waals surface area contributed by atoms with Gasteiger partial charge in [-0.15, -0.1) is 0 Å². The number of furan rings is 1. The number of aromatic nitrogens is 1. The van der Waals surface area contributed by atoms with Crippen molar-refractivity contribution in [2.24, 2.45) is 10.7 Å². The topological polar surface area (TPSA) is 76.4 Å². The van der Waals surface area contributed by atoms with Gasteiger partial charge >= 0.3 is 0 Å². The molecule has 5 heteroatoms. The van der Waals surface area contributed by atoms with Crippen LogP contribution in [0.5, 0.6) is 0 Å². The summed E-state index contributed by atoms with van der Waals surface area (Å²) in [5.41, 5.74) is 7.57. The van der Waals surface area contributed by atoms with Gasteiger partial charge in [0.25, 0.3) is 0 Å². The molecule has 0 amide bonds. The lowest BCUT2D eigenvalue weighted by Crippen LogP contribution is -2.21. The number of nitrogens with zero attached hydrogens (tertiary/aromatic N) is 2. The highest BCUT2D eigenvalue weighted by molar-refractivity contribution is 5.95. The number of benzene rings is 1. The third-order valence-electron chi connectivity index (χ3n) is 2.80. The van der Waals surface area contributed by atoms with E-state index in [9.17, 15) is 0 Å². The Labute approximate surface area is 116 Å². The number of aliphatic imine (C=N–C) groups is 1. The number of nitrogens with two attached hydrogens (primary N) is 1. The zero-order valence-corrected chi connectivity index (χ0v) is 11.0. The second-order valence-electron chi connectivity index (χ2n) is 4.42. The first-order valence-electron chi connectivity index (χ1n) is 6.23. The maximum Gasteiger partial charge on any atom is 0.199 e. The second-order valence-corrected chi connectivity index (χ2v) is 4.42. The van der Waals surface area contributed by atoms with Crippen LogP contribution in [0.2, 0.25) is 0 Å². The molecule has 0 fully saturated rings. The third kappa shape index (κ3) is 2.61. The van der Waals surface area contributed by atoms with E-state index in [4.69, 9.17) is 10.2 Å². The summed E-state index contributed by atoms with van der Waals surface area (Å²) in [4.78, 5) is 8.28. The van der Waals surface area contributed by atoms with Crippen molar-refractivity contribution in [3.63, 3.8) is 0 Å². The lowest BCUT2D eigenvalue weighted by molar-refractivity contribution is 0.578. The molecule has 0 atom stereocenters. The number of hydrogen-bond donors (Lipinski definition) is 2. The van der Waals surface area contributed by atoms with Crippen molar-refractivity contribution in [1.29, 1.82) is 0 Å². The summed E-state index contributed by atoms with van der Waals surface area (Å²) < 4.78 is 5.52. The van der Waals surface area contributed by atoms with Gasteiger partial charge in [-0.2, -0.15) is 4.99 Å². The van der Waals surface area contributed by atoms with E-state index in [1.54, 1.807) is 12.3 Å². The van der Waals surface area contributed by atoms with Crippen LogP contribution in [0.3, 0.4) is 0 Å². The number of rotatable bonds is 2. The summed E-state index contributed by atoms with van der Waals surface area (Å²) in [6, 6.07) is 13.2. The summed E-state index contributed by atoms with van der Waals surface area (Å²) in [5, 5.41) is 4.06. The van der Waals surface area contributed by atoms with Crippen LogP contribution in [0.4, 0.5) is 11.5 Å². The quantitative estimate of drug-likeness (QED) is 0.551. The molecular weight excluding hydrogens is 252 g/mol. The Hall–Kier alpha value is -2.82. The van der Waals surface area contributed by atoms with E-state index < -0.39 is 0 Å². The highest BCUT2D eigenvalue weighted by Crippen LogP contribution is 2.22. The van der Waals surface area contributed by atoms with Crippen molar-refractivity contribution in [3.05, 3.63) is 54.4 Å². The van der Waals surface area contributed by atoms with Gasteiger partial charge in [0.1, 0.15) is 11.3 Å². The lowest BCUT2D eigenvalue weighted by atomic mass is 10.2. The third-order valence-corrected chi connectivity index (χ3v) is 2.80. The van der Waals surface area contributed by atoms with Gasteiger partial charge in [-0.25, -0.2) is 4.98 Å². The molecule has 3 rings (SSSR count). The minimum absolute atomic E-state index is 0.295. The number of guanidine groups is 1. The molecule has 0 aliphatic heterocycles. The predicted octanol–water partition coefficient (Wildman–Crippen LogP) is 3.19. The molecular formula is C15H14N4O. The standard InChI is InChI=1S/C15H14N4O/c1-10-8-11-9-12(5-6-13(11)20-10)18-15(16)19-14-4-2-3-7-17-14/h2-9H,1H3,(H3,16,17,18,19). The molecule has 0 saturated carbocycles. The Morgan fingerprint density at radius 1 is 1.25 bits per heavy atom. The van der Waals surface area contributed by atoms with Crippen molar-refractivity contribution < 1.29 is 4.42 Å². The Morgan fingerprint density at radius 2 is 2.15 bits per heavy atom. The van der Waals surface area contributed by atoms with Gasteiger partial charge in [0, 0.05) is 17.3 Å². The number of hydrogen-bond acceptors (Lipinski definition) is 3. The van der Waals surface area contributed by atoms with Gasteiger partial charge in [0.15, 0.2) is 11.8 Å². The molecule has 2 aromatic heterocycles. The van der Waals surface area contributed by atoms with Gasteiger partial charge < -0.3 is 15.5 Å². The molecule has 0 radical (unpaired) electrons. The average Bonchev–Trinajstić information content (AvgIpc) is 2.79. The molecule has 3 aromatic rings. The molecule has 3 N–H and O–H groups in total. The zero-order chi connectivity index (χ0) is 13.9. The molecule has 0 spiro atoms. The summed E-state index contributed by atoms with van der Waals surface area (Å²) >= 11 is 0. The molecule has 20 heavy (non-hydrogen) atoms. The van der Waals surface area contributed by atoms with Gasteiger partial charge in [-0.3, -0.25) is 0 Å². The van der Waals surface area contributed by atoms with E-state index in [1.165, 1.54) is 0 Å². The first kappa shape index (κ1) is 12.2. The fraction of sp³-hybridized carbons (Fsp3) is 0.0667. The summed E-state index contributed by atoms with van der Waals surface area (Å²) in [6.45, 7) is 1.92. The Bertz CT molecular complexity index is 762. The van der Waals surface area contributed by atoms with Gasteiger partial charge in [0.2, 0.25) is 0 Å². The van der Waals surface area contributed by atoms with Crippen LogP contribution in [0, 0.1) is 6.92 Å². The van der Waals surface area contributed by atoms with Gasteiger partial charge in [-0.05, 0) is 43.3 Å². The molecule has 0 aliphatic rings. The molecule has 0 unspecified atom stereocenters. The molecule has 100 valence electrons. The van der Waals surface area contributed by atoms with Gasteiger partial charge in [-0.1, -0.05) is 6.07 Å². The predicted molar refractivity (Wildman–Crippen MR) is 80.1 cm³/mol. The van der Waals surface area contributed by atoms with Crippen molar-refractivity contribution in [3.8, 4) is 0 Å². The minimum Gasteiger partial charge on any atom is -0.461 e. The number of fused-ring (bicyclic) bond motifs is 1. The monoisotopic (exact) mass is 266 g/mol. The minimum atomic E-state index is 0.295. The van der Waals surface area contributed by atoms with Crippen molar-refractivity contribution in [2.45, 2.75) is 6.92 Å². The maximum absolute atomic E-state index is 5.86. The van der Waals surface area contributed by atoms with Crippen LogP contribution in [0.1, 0.15) is 5.76 Å². The van der Waals surface area contributed by atoms with Crippen molar-refractivity contribution >= 4 is 28.4 Å². The number of anilines is 1. The fourth-order valence-corrected chi connectivity index (χ4v) is 1.97. The maximum atomic E-state index is 5.86. The summed E-state index contributed by atoms with van der Waals surface area (Å²) in [5.74, 6) is 1.74. The largest absolute Gasteiger partial charge is 0.461 e. The van der Waals surface area contributed by atoms with Crippen molar-refractivity contribution in [2.75, 3.05) is 5.32 Å². The van der Waals surface area contributed by atoms with E-state index in [2.05, 4.69) is 15.3 Å². The summed E-state index contributed by atoms with van der Waals surface area (Å²) in [6.07, 6.45) is 1.67. The zero-order valence-electron chi connectivity index (χ0n) is 11.0. The highest BCUT2D eigenvalue weighted by Gasteiger charge is 2.02. The average molecular weight is 266 g/mol. The van der Waals surface area contributed by atoms with Crippen LogP contribution in [-0.2, 0) is 0 Å². The number of nitrogens with one attached hydrogen (secondary N) is 1. The van der Waals surface area contributed by atoms with Crippen LogP contribution in [0.15, 0.2) is 58.1 Å². The Morgan fingerprint density at radius 3 is 2.95 bits per heavy atom. The molecule has 2 heterocycles.